The van der Waals surface area contributed by atoms with Crippen molar-refractivity contribution in [3.8, 4) is 0 Å². The van der Waals surface area contributed by atoms with E-state index in [0.717, 1.165) is 0 Å². The van der Waals surface area contributed by atoms with E-state index in [9.17, 15) is 14.0 Å². The van der Waals surface area contributed by atoms with Gasteiger partial charge in [-0.05, 0) is 11.5 Å². The summed E-state index contributed by atoms with van der Waals surface area (Å²) in [5, 5.41) is 3.85. The largest absolute Gasteiger partial charge is 0.182 e. The summed E-state index contributed by atoms with van der Waals surface area (Å²) in [6.07, 6.45) is 1.66. The molecule has 0 aromatic carbocycles. The van der Waals surface area contributed by atoms with Gasteiger partial charge in [-0.1, -0.05) is 0 Å². The molecule has 1 atom stereocenters. The van der Waals surface area contributed by atoms with Crippen molar-refractivity contribution in [3.63, 3.8) is 0 Å². The monoisotopic (exact) mass is 216 g/mol. The first kappa shape index (κ1) is 9.53. The maximum absolute atomic E-state index is 10.0. The number of hydrogen-bond donors (Lipinski definition) is 0. The minimum Gasteiger partial charge on any atom is -0.182 e. The fourth-order valence-corrected chi connectivity index (χ4v) is 3.60. The van der Waals surface area contributed by atoms with Gasteiger partial charge in [0.05, 0.1) is 15.3 Å². The van der Waals surface area contributed by atoms with Crippen molar-refractivity contribution in [2.24, 2.45) is 0 Å². The Morgan fingerprint density at radius 3 is 2.64 bits per heavy atom. The van der Waals surface area contributed by atoms with Crippen LogP contribution in [-0.4, -0.2) is 10.5 Å². The van der Waals surface area contributed by atoms with E-state index in [1.807, 2.05) is 0 Å². The van der Waals surface area contributed by atoms with Crippen LogP contribution >= 0.6 is 22.5 Å². The molecule has 11 heavy (non-hydrogen) atoms. The van der Waals surface area contributed by atoms with Gasteiger partial charge in [0.1, 0.15) is 14.5 Å². The summed E-state index contributed by atoms with van der Waals surface area (Å²) in [7, 11) is -5.16. The lowest BCUT2D eigenvalue weighted by Gasteiger charge is -2.13. The van der Waals surface area contributed by atoms with Gasteiger partial charge >= 0.3 is 0 Å². The van der Waals surface area contributed by atoms with Crippen LogP contribution in [-0.2, 0) is 3.74 Å². The van der Waals surface area contributed by atoms with Crippen molar-refractivity contribution in [1.82, 2.24) is 0 Å². The molecule has 0 saturated heterocycles. The molecule has 0 spiro atoms. The Bertz CT molecular complexity index is 197. The molecule has 1 aliphatic heterocycles. The standard InChI is InChI=1S/C4H5ClO4S2/c6-5(7,8)9-11-3-1-2-10-4-11/h1-3H,4H2. The summed E-state index contributed by atoms with van der Waals surface area (Å²) in [4.78, 5) is 0. The smallest absolute Gasteiger partial charge is 0.137 e. The highest BCUT2D eigenvalue weighted by molar-refractivity contribution is 8.23. The fourth-order valence-electron chi connectivity index (χ4n) is 0.459. The van der Waals surface area contributed by atoms with Crippen LogP contribution in [0.15, 0.2) is 11.5 Å². The zero-order valence-electron chi connectivity index (χ0n) is 5.27. The highest BCUT2D eigenvalue weighted by Gasteiger charge is 2.21. The Hall–Kier alpha value is 0.440. The average Bonchev–Trinajstić information content (AvgIpc) is 1.85. The predicted molar refractivity (Wildman–Crippen MR) is 36.3 cm³/mol. The van der Waals surface area contributed by atoms with Crippen LogP contribution in [0.3, 0.4) is 0 Å². The van der Waals surface area contributed by atoms with E-state index in [1.165, 1.54) is 11.8 Å². The first-order valence-corrected chi connectivity index (χ1v) is 6.16. The van der Waals surface area contributed by atoms with Gasteiger partial charge in [-0.15, -0.1) is 11.8 Å². The zero-order chi connectivity index (χ0) is 8.32. The Labute approximate surface area is 72.7 Å². The van der Waals surface area contributed by atoms with Gasteiger partial charge in [-0.25, -0.2) is 0 Å². The average molecular weight is 217 g/mol. The quantitative estimate of drug-likeness (QED) is 0.504. The van der Waals surface area contributed by atoms with Crippen LogP contribution in [0.5, 0.6) is 0 Å². The van der Waals surface area contributed by atoms with E-state index in [-0.39, 0.29) is 0 Å². The van der Waals surface area contributed by atoms with E-state index in [0.29, 0.717) is 5.08 Å². The second kappa shape index (κ2) is 3.90. The molecule has 0 N–H and O–H groups in total. The fraction of sp³-hybridized carbons (Fsp3) is 0.250. The van der Waals surface area contributed by atoms with Gasteiger partial charge in [0, 0.05) is 5.37 Å². The topological polar surface area (TPSA) is 78.4 Å². The highest BCUT2D eigenvalue weighted by Crippen LogP contribution is 2.27. The van der Waals surface area contributed by atoms with Crippen molar-refractivity contribution in [2.75, 3.05) is 5.08 Å². The van der Waals surface area contributed by atoms with Gasteiger partial charge in [0.15, 0.2) is 0 Å². The second-order valence-electron chi connectivity index (χ2n) is 1.57. The third kappa shape index (κ3) is 4.12. The molecule has 1 rings (SSSR count). The van der Waals surface area contributed by atoms with E-state index in [4.69, 9.17) is 0 Å². The van der Waals surface area contributed by atoms with Crippen LogP contribution < -0.4 is 14.0 Å². The molecule has 0 amide bonds. The summed E-state index contributed by atoms with van der Waals surface area (Å²) in [5.74, 6) is 0. The van der Waals surface area contributed by atoms with Crippen molar-refractivity contribution in [2.45, 2.75) is 0 Å². The first-order valence-electron chi connectivity index (χ1n) is 2.50. The van der Waals surface area contributed by atoms with Gasteiger partial charge in [-0.2, -0.15) is 14.0 Å². The summed E-state index contributed by atoms with van der Waals surface area (Å²) in [6.45, 7) is 0. The summed E-state index contributed by atoms with van der Waals surface area (Å²) in [6, 6.07) is 0. The van der Waals surface area contributed by atoms with Gasteiger partial charge in [-0.3, -0.25) is 0 Å². The molecule has 0 aromatic heterocycles. The first-order chi connectivity index (χ1) is 5.08. The van der Waals surface area contributed by atoms with E-state index in [2.05, 4.69) is 3.74 Å². The minimum absolute atomic E-state index is 0.491. The van der Waals surface area contributed by atoms with E-state index < -0.39 is 21.0 Å². The van der Waals surface area contributed by atoms with Crippen LogP contribution in [0.25, 0.3) is 0 Å². The molecule has 64 valence electrons. The lowest BCUT2D eigenvalue weighted by atomic mass is 10.8. The Morgan fingerprint density at radius 2 is 2.18 bits per heavy atom. The number of rotatable bonds is 2. The van der Waals surface area contributed by atoms with Crippen molar-refractivity contribution < 1.29 is 28.0 Å². The Morgan fingerprint density at radius 1 is 1.45 bits per heavy atom. The molecule has 0 bridgehead atoms. The lowest BCUT2D eigenvalue weighted by Crippen LogP contribution is -2.60. The number of halogens is 1. The van der Waals surface area contributed by atoms with Crippen LogP contribution in [0.2, 0.25) is 0 Å². The molecule has 1 aliphatic rings. The van der Waals surface area contributed by atoms with Gasteiger partial charge < -0.3 is 0 Å². The normalized spacial score (nSPS) is 24.8. The molecule has 4 nitrogen and oxygen atoms in total. The van der Waals surface area contributed by atoms with Crippen LogP contribution in [0.4, 0.5) is 0 Å². The molecule has 1 heterocycles. The lowest BCUT2D eigenvalue weighted by molar-refractivity contribution is -1.91. The van der Waals surface area contributed by atoms with Gasteiger partial charge in [0.25, 0.3) is 0 Å². The second-order valence-corrected chi connectivity index (χ2v) is 5.41. The summed E-state index contributed by atoms with van der Waals surface area (Å²) < 4.78 is 34.3. The third-order valence-corrected chi connectivity index (χ3v) is 4.30. The molecule has 0 saturated carbocycles. The molecular formula is C4H5ClO4S2. The number of hydrogen-bond acceptors (Lipinski definition) is 5. The molecule has 1 unspecified atom stereocenters. The predicted octanol–water partition coefficient (Wildman–Crippen LogP) is -1.90. The molecule has 0 fully saturated rings. The van der Waals surface area contributed by atoms with E-state index >= 15 is 0 Å². The van der Waals surface area contributed by atoms with E-state index in [1.54, 1.807) is 16.9 Å². The van der Waals surface area contributed by atoms with Crippen LogP contribution in [0.1, 0.15) is 0 Å². The SMILES string of the molecule is [O-][Cl+3]([O-])([O-])OS1=CC=CSC1. The molecule has 7 heteroatoms. The Kier molecular flexibility index (Phi) is 3.38. The van der Waals surface area contributed by atoms with Crippen molar-refractivity contribution in [1.29, 1.82) is 0 Å². The Balaban J connectivity index is 2.49. The maximum atomic E-state index is 10.0. The van der Waals surface area contributed by atoms with Crippen LogP contribution in [0, 0.1) is 10.2 Å². The molecule has 0 aliphatic carbocycles. The number of thioether (sulfide) groups is 1. The molecule has 0 radical (unpaired) electrons. The van der Waals surface area contributed by atoms with Gasteiger partial charge in [0.2, 0.25) is 0 Å². The summed E-state index contributed by atoms with van der Waals surface area (Å²) in [5.41, 5.74) is 0. The highest BCUT2D eigenvalue weighted by atomic mass is 35.7. The molecular weight excluding hydrogens is 212 g/mol. The number of allylic oxidation sites excluding steroid dienone is 1. The van der Waals surface area contributed by atoms with Crippen molar-refractivity contribution >= 4 is 27.9 Å². The zero-order valence-corrected chi connectivity index (χ0v) is 7.66. The third-order valence-electron chi connectivity index (χ3n) is 0.747. The summed E-state index contributed by atoms with van der Waals surface area (Å²) >= 11 is 1.41. The molecule has 0 aromatic rings. The maximum Gasteiger partial charge on any atom is 0.137 e. The van der Waals surface area contributed by atoms with Crippen molar-refractivity contribution in [3.05, 3.63) is 11.5 Å². The minimum atomic E-state index is -4.28.